The molecule has 0 aromatic heterocycles. The summed E-state index contributed by atoms with van der Waals surface area (Å²) < 4.78 is 32.2. The van der Waals surface area contributed by atoms with Gasteiger partial charge in [0.2, 0.25) is 5.91 Å². The lowest BCUT2D eigenvalue weighted by Gasteiger charge is -2.21. The highest BCUT2D eigenvalue weighted by Crippen LogP contribution is 2.26. The third-order valence-electron chi connectivity index (χ3n) is 3.47. The summed E-state index contributed by atoms with van der Waals surface area (Å²) >= 11 is 0. The van der Waals surface area contributed by atoms with E-state index in [0.717, 1.165) is 0 Å². The molecule has 5 nitrogen and oxygen atoms in total. The highest BCUT2D eigenvalue weighted by atomic mass is 35.5. The molecular weight excluding hydrogens is 351 g/mol. The van der Waals surface area contributed by atoms with Crippen LogP contribution in [0.3, 0.4) is 0 Å². The maximum atomic E-state index is 13.7. The van der Waals surface area contributed by atoms with Crippen molar-refractivity contribution in [2.24, 2.45) is 5.73 Å². The van der Waals surface area contributed by atoms with Crippen LogP contribution in [0.5, 0.6) is 0 Å². The lowest BCUT2D eigenvalue weighted by molar-refractivity contribution is -0.124. The van der Waals surface area contributed by atoms with E-state index in [4.69, 9.17) is 10.5 Å². The summed E-state index contributed by atoms with van der Waals surface area (Å²) in [5.74, 6) is -1.52. The fourth-order valence-electron chi connectivity index (χ4n) is 2.44. The van der Waals surface area contributed by atoms with Gasteiger partial charge in [0.15, 0.2) is 0 Å². The van der Waals surface area contributed by atoms with E-state index < -0.39 is 17.7 Å². The first-order chi connectivity index (χ1) is 10.0. The summed E-state index contributed by atoms with van der Waals surface area (Å²) in [6, 6.07) is 2.85. The van der Waals surface area contributed by atoms with Crippen LogP contribution in [0.2, 0.25) is 0 Å². The molecular formula is C14H21Cl2F2N3O2. The molecule has 1 fully saturated rings. The van der Waals surface area contributed by atoms with E-state index in [1.807, 2.05) is 0 Å². The number of halogens is 4. The Labute approximate surface area is 146 Å². The van der Waals surface area contributed by atoms with Gasteiger partial charge in [-0.05, 0) is 18.6 Å². The molecule has 1 aromatic rings. The van der Waals surface area contributed by atoms with Crippen molar-refractivity contribution in [3.05, 3.63) is 29.8 Å². The number of nitrogens with zero attached hydrogens (tertiary/aromatic N) is 1. The Balaban J connectivity index is 0.00000242. The predicted octanol–water partition coefficient (Wildman–Crippen LogP) is 1.48. The molecule has 1 aliphatic heterocycles. The molecule has 2 rings (SSSR count). The van der Waals surface area contributed by atoms with E-state index >= 15 is 0 Å². The van der Waals surface area contributed by atoms with Crippen LogP contribution in [-0.2, 0) is 9.53 Å². The van der Waals surface area contributed by atoms with Crippen LogP contribution >= 0.6 is 24.8 Å². The number of anilines is 1. The van der Waals surface area contributed by atoms with Crippen molar-refractivity contribution in [3.63, 3.8) is 0 Å². The summed E-state index contributed by atoms with van der Waals surface area (Å²) in [4.78, 5) is 13.4. The molecule has 132 valence electrons. The van der Waals surface area contributed by atoms with Crippen LogP contribution in [0.4, 0.5) is 14.5 Å². The van der Waals surface area contributed by atoms with E-state index in [9.17, 15) is 13.6 Å². The molecule has 23 heavy (non-hydrogen) atoms. The van der Waals surface area contributed by atoms with Gasteiger partial charge in [-0.15, -0.1) is 24.8 Å². The standard InChI is InChI=1S/C14H19F2N3O2.2ClH/c1-21-8-12(17)14(20)18-9-5-6-19(7-9)13-10(15)3-2-4-11(13)16;;/h2-4,9,12H,5-8,17H2,1H3,(H,18,20);2*1H. The molecule has 0 spiro atoms. The number of nitrogens with one attached hydrogen (secondary N) is 1. The minimum absolute atomic E-state index is 0. The Morgan fingerprint density at radius 2 is 2.04 bits per heavy atom. The van der Waals surface area contributed by atoms with Gasteiger partial charge in [-0.3, -0.25) is 4.79 Å². The molecule has 0 saturated carbocycles. The number of rotatable bonds is 5. The SMILES string of the molecule is COCC(N)C(=O)NC1CCN(c2c(F)cccc2F)C1.Cl.Cl. The first kappa shape index (κ1) is 21.9. The van der Waals surface area contributed by atoms with E-state index in [1.165, 1.54) is 25.3 Å². The summed E-state index contributed by atoms with van der Waals surface area (Å²) in [6.45, 7) is 0.954. The first-order valence-electron chi connectivity index (χ1n) is 6.76. The molecule has 1 amide bonds. The lowest BCUT2D eigenvalue weighted by atomic mass is 10.2. The average molecular weight is 372 g/mol. The van der Waals surface area contributed by atoms with E-state index in [-0.39, 0.29) is 49.1 Å². The zero-order valence-electron chi connectivity index (χ0n) is 12.6. The van der Waals surface area contributed by atoms with Gasteiger partial charge in [0.25, 0.3) is 0 Å². The van der Waals surface area contributed by atoms with Gasteiger partial charge < -0.3 is 20.7 Å². The second-order valence-electron chi connectivity index (χ2n) is 5.07. The molecule has 1 aromatic carbocycles. The largest absolute Gasteiger partial charge is 0.383 e. The maximum absolute atomic E-state index is 13.7. The number of nitrogens with two attached hydrogens (primary N) is 1. The van der Waals surface area contributed by atoms with Crippen molar-refractivity contribution in [3.8, 4) is 0 Å². The molecule has 2 unspecified atom stereocenters. The molecule has 0 aliphatic carbocycles. The van der Waals surface area contributed by atoms with Crippen molar-refractivity contribution in [1.82, 2.24) is 5.32 Å². The normalized spacial score (nSPS) is 17.9. The summed E-state index contributed by atoms with van der Waals surface area (Å²) in [5.41, 5.74) is 5.58. The second-order valence-corrected chi connectivity index (χ2v) is 5.07. The van der Waals surface area contributed by atoms with Gasteiger partial charge in [-0.2, -0.15) is 0 Å². The highest BCUT2D eigenvalue weighted by Gasteiger charge is 2.28. The van der Waals surface area contributed by atoms with E-state index in [2.05, 4.69) is 5.32 Å². The zero-order chi connectivity index (χ0) is 15.4. The minimum Gasteiger partial charge on any atom is -0.383 e. The summed E-state index contributed by atoms with van der Waals surface area (Å²) in [5, 5.41) is 2.77. The number of benzene rings is 1. The number of hydrogen-bond donors (Lipinski definition) is 2. The molecule has 1 heterocycles. The topological polar surface area (TPSA) is 67.6 Å². The number of carbonyl (C=O) groups is 1. The minimum atomic E-state index is -0.741. The Bertz CT molecular complexity index is 503. The first-order valence-corrected chi connectivity index (χ1v) is 6.76. The second kappa shape index (κ2) is 9.87. The quantitative estimate of drug-likeness (QED) is 0.822. The third kappa shape index (κ3) is 5.46. The van der Waals surface area contributed by atoms with Gasteiger partial charge in [0.1, 0.15) is 23.4 Å². The van der Waals surface area contributed by atoms with E-state index in [1.54, 1.807) is 4.90 Å². The molecule has 3 N–H and O–H groups in total. The van der Waals surface area contributed by atoms with Crippen LogP contribution in [0.1, 0.15) is 6.42 Å². The van der Waals surface area contributed by atoms with Gasteiger partial charge in [0.05, 0.1) is 6.61 Å². The van der Waals surface area contributed by atoms with Crippen LogP contribution < -0.4 is 16.0 Å². The monoisotopic (exact) mass is 371 g/mol. The maximum Gasteiger partial charge on any atom is 0.239 e. The fraction of sp³-hybridized carbons (Fsp3) is 0.500. The van der Waals surface area contributed by atoms with Gasteiger partial charge in [-0.1, -0.05) is 6.07 Å². The molecule has 2 atom stereocenters. The van der Waals surface area contributed by atoms with Crippen LogP contribution in [0, 0.1) is 11.6 Å². The highest BCUT2D eigenvalue weighted by molar-refractivity contribution is 5.85. The summed E-state index contributed by atoms with van der Waals surface area (Å²) in [6.07, 6.45) is 0.610. The number of para-hydroxylation sites is 1. The average Bonchev–Trinajstić information content (AvgIpc) is 2.87. The fourth-order valence-corrected chi connectivity index (χ4v) is 2.44. The van der Waals surface area contributed by atoms with Crippen LogP contribution in [0.15, 0.2) is 18.2 Å². The lowest BCUT2D eigenvalue weighted by Crippen LogP contribution is -2.48. The van der Waals surface area contributed by atoms with Crippen molar-refractivity contribution < 1.29 is 18.3 Å². The smallest absolute Gasteiger partial charge is 0.239 e. The van der Waals surface area contributed by atoms with Gasteiger partial charge in [0, 0.05) is 26.2 Å². The number of methoxy groups -OCH3 is 1. The van der Waals surface area contributed by atoms with Crippen molar-refractivity contribution in [1.29, 1.82) is 0 Å². The van der Waals surface area contributed by atoms with Gasteiger partial charge in [-0.25, -0.2) is 8.78 Å². The number of carbonyl (C=O) groups excluding carboxylic acids is 1. The molecule has 9 heteroatoms. The number of amides is 1. The zero-order valence-corrected chi connectivity index (χ0v) is 14.3. The number of hydrogen-bond acceptors (Lipinski definition) is 4. The van der Waals surface area contributed by atoms with Crippen molar-refractivity contribution in [2.45, 2.75) is 18.5 Å². The van der Waals surface area contributed by atoms with Crippen LogP contribution in [0.25, 0.3) is 0 Å². The Morgan fingerprint density at radius 3 is 2.61 bits per heavy atom. The summed E-state index contributed by atoms with van der Waals surface area (Å²) in [7, 11) is 1.46. The molecule has 0 bridgehead atoms. The molecule has 0 radical (unpaired) electrons. The Morgan fingerprint density at radius 1 is 1.43 bits per heavy atom. The molecule has 1 aliphatic rings. The van der Waals surface area contributed by atoms with Crippen molar-refractivity contribution in [2.75, 3.05) is 31.7 Å². The van der Waals surface area contributed by atoms with Gasteiger partial charge >= 0.3 is 0 Å². The van der Waals surface area contributed by atoms with Crippen molar-refractivity contribution >= 4 is 36.4 Å². The van der Waals surface area contributed by atoms with E-state index in [0.29, 0.717) is 19.5 Å². The third-order valence-corrected chi connectivity index (χ3v) is 3.47. The number of ether oxygens (including phenoxy) is 1. The molecule has 1 saturated heterocycles. The predicted molar refractivity (Wildman–Crippen MR) is 89.5 cm³/mol. The van der Waals surface area contributed by atoms with Crippen LogP contribution in [-0.4, -0.2) is 44.8 Å². The Kier molecular flexibility index (Phi) is 9.38. The Hall–Kier alpha value is -1.15.